The summed E-state index contributed by atoms with van der Waals surface area (Å²) in [6, 6.07) is -0.877. The minimum Gasteiger partial charge on any atom is -0.466 e. The molecule has 0 unspecified atom stereocenters. The van der Waals surface area contributed by atoms with Crippen molar-refractivity contribution in [3.8, 4) is 0 Å². The quantitative estimate of drug-likeness (QED) is 0.155. The molecule has 0 bridgehead atoms. The molecule has 0 heterocycles. The van der Waals surface area contributed by atoms with Crippen LogP contribution in [0, 0.1) is 0 Å². The highest BCUT2D eigenvalue weighted by Crippen LogP contribution is 2.08. The van der Waals surface area contributed by atoms with E-state index in [9.17, 15) is 14.4 Å². The molecule has 0 spiro atoms. The van der Waals surface area contributed by atoms with E-state index in [0.717, 1.165) is 38.5 Å². The van der Waals surface area contributed by atoms with Gasteiger partial charge in [0, 0.05) is 6.42 Å². The lowest BCUT2D eigenvalue weighted by Crippen LogP contribution is -2.43. The van der Waals surface area contributed by atoms with Crippen LogP contribution in [-0.4, -0.2) is 43.0 Å². The Morgan fingerprint density at radius 2 is 1.27 bits per heavy atom. The van der Waals surface area contributed by atoms with Crippen LogP contribution in [0.4, 0.5) is 0 Å². The molecular formula is C23H42ClNO5. The first-order chi connectivity index (χ1) is 14.5. The first kappa shape index (κ1) is 28.7. The van der Waals surface area contributed by atoms with Crippen LogP contribution in [0.3, 0.4) is 0 Å². The van der Waals surface area contributed by atoms with Gasteiger partial charge in [0.15, 0.2) is 0 Å². The Hall–Kier alpha value is -1.30. The first-order valence-corrected chi connectivity index (χ1v) is 12.3. The Labute approximate surface area is 187 Å². The Balaban J connectivity index is 4.11. The monoisotopic (exact) mass is 447 g/mol. The maximum Gasteiger partial charge on any atom is 0.328 e. The summed E-state index contributed by atoms with van der Waals surface area (Å²) in [6.07, 6.45) is 13.5. The molecule has 1 atom stereocenters. The third-order valence-electron chi connectivity index (χ3n) is 4.88. The van der Waals surface area contributed by atoms with Gasteiger partial charge in [-0.2, -0.15) is 0 Å². The molecule has 0 aliphatic heterocycles. The van der Waals surface area contributed by atoms with Crippen LogP contribution in [0.1, 0.15) is 104 Å². The maximum atomic E-state index is 12.3. The van der Waals surface area contributed by atoms with Crippen molar-refractivity contribution in [1.82, 2.24) is 5.32 Å². The zero-order valence-electron chi connectivity index (χ0n) is 19.0. The zero-order chi connectivity index (χ0) is 22.5. The van der Waals surface area contributed by atoms with E-state index in [1.165, 1.54) is 38.5 Å². The van der Waals surface area contributed by atoms with Crippen molar-refractivity contribution < 1.29 is 23.9 Å². The van der Waals surface area contributed by atoms with E-state index in [2.05, 4.69) is 19.2 Å². The maximum absolute atomic E-state index is 12.3. The molecule has 0 rings (SSSR count). The summed E-state index contributed by atoms with van der Waals surface area (Å²) in [6.45, 7) is 5.06. The van der Waals surface area contributed by atoms with Gasteiger partial charge >= 0.3 is 11.9 Å². The molecule has 0 aromatic heterocycles. The van der Waals surface area contributed by atoms with Crippen LogP contribution in [-0.2, 0) is 23.9 Å². The van der Waals surface area contributed by atoms with E-state index in [0.29, 0.717) is 13.2 Å². The van der Waals surface area contributed by atoms with Crippen molar-refractivity contribution in [1.29, 1.82) is 0 Å². The van der Waals surface area contributed by atoms with Gasteiger partial charge in [0.2, 0.25) is 5.91 Å². The molecule has 0 fully saturated rings. The number of alkyl halides is 1. The summed E-state index contributed by atoms with van der Waals surface area (Å²) in [5.41, 5.74) is 0. The molecular weight excluding hydrogens is 406 g/mol. The number of nitrogens with one attached hydrogen (secondary N) is 1. The minimum atomic E-state index is -0.877. The molecule has 0 saturated carbocycles. The predicted octanol–water partition coefficient (Wildman–Crippen LogP) is 5.30. The van der Waals surface area contributed by atoms with Gasteiger partial charge in [-0.05, 0) is 19.3 Å². The lowest BCUT2D eigenvalue weighted by Gasteiger charge is -2.17. The number of ether oxygens (including phenoxy) is 2. The number of esters is 2. The third kappa shape index (κ3) is 17.5. The normalized spacial score (nSPS) is 11.7. The number of carbonyl (C=O) groups is 3. The molecule has 0 aromatic carbocycles. The van der Waals surface area contributed by atoms with Crippen molar-refractivity contribution in [2.24, 2.45) is 0 Å². The first-order valence-electron chi connectivity index (χ1n) is 11.7. The molecule has 0 saturated heterocycles. The Bertz CT molecular complexity index is 459. The third-order valence-corrected chi connectivity index (χ3v) is 5.12. The molecule has 30 heavy (non-hydrogen) atoms. The van der Waals surface area contributed by atoms with Gasteiger partial charge in [0.05, 0.1) is 13.2 Å². The van der Waals surface area contributed by atoms with Gasteiger partial charge in [-0.25, -0.2) is 4.79 Å². The fraction of sp³-hybridized carbons (Fsp3) is 0.870. The van der Waals surface area contributed by atoms with Gasteiger partial charge in [-0.1, -0.05) is 78.1 Å². The highest BCUT2D eigenvalue weighted by Gasteiger charge is 2.23. The Morgan fingerprint density at radius 1 is 0.767 bits per heavy atom. The van der Waals surface area contributed by atoms with Crippen LogP contribution in [0.2, 0.25) is 0 Å². The van der Waals surface area contributed by atoms with Crippen LogP contribution in [0.25, 0.3) is 0 Å². The smallest absolute Gasteiger partial charge is 0.328 e. The molecule has 1 amide bonds. The van der Waals surface area contributed by atoms with Gasteiger partial charge in [0.1, 0.15) is 11.9 Å². The topological polar surface area (TPSA) is 81.7 Å². The standard InChI is InChI=1S/C23H42ClNO5/c1-3-5-7-9-11-13-17-29-22(27)16-15-20(25-21(26)19-24)23(28)30-18-14-12-10-8-6-4-2/h20H,3-19H2,1-2H3,(H,25,26)/t20-/m0/s1. The molecule has 1 N–H and O–H groups in total. The number of rotatable bonds is 20. The summed E-state index contributed by atoms with van der Waals surface area (Å²) in [5, 5.41) is 2.53. The molecule has 0 aromatic rings. The molecule has 176 valence electrons. The van der Waals surface area contributed by atoms with E-state index in [1.807, 2.05) is 0 Å². The van der Waals surface area contributed by atoms with Crippen LogP contribution in [0.5, 0.6) is 0 Å². The number of amides is 1. The van der Waals surface area contributed by atoms with Crippen LogP contribution >= 0.6 is 11.6 Å². The number of carbonyl (C=O) groups excluding carboxylic acids is 3. The molecule has 0 aliphatic carbocycles. The van der Waals surface area contributed by atoms with Crippen molar-refractivity contribution in [3.05, 3.63) is 0 Å². The van der Waals surface area contributed by atoms with Gasteiger partial charge < -0.3 is 14.8 Å². The number of hydrogen-bond acceptors (Lipinski definition) is 5. The average Bonchev–Trinajstić information content (AvgIpc) is 2.74. The van der Waals surface area contributed by atoms with Crippen molar-refractivity contribution in [3.63, 3.8) is 0 Å². The van der Waals surface area contributed by atoms with Crippen molar-refractivity contribution >= 4 is 29.4 Å². The number of unbranched alkanes of at least 4 members (excludes halogenated alkanes) is 10. The summed E-state index contributed by atoms with van der Waals surface area (Å²) < 4.78 is 10.5. The van der Waals surface area contributed by atoms with Crippen molar-refractivity contribution in [2.45, 2.75) is 110 Å². The molecule has 0 radical (unpaired) electrons. The second-order valence-electron chi connectivity index (χ2n) is 7.72. The fourth-order valence-electron chi connectivity index (χ4n) is 3.04. The van der Waals surface area contributed by atoms with Crippen molar-refractivity contribution in [2.75, 3.05) is 19.1 Å². The van der Waals surface area contributed by atoms with Crippen LogP contribution in [0.15, 0.2) is 0 Å². The lowest BCUT2D eigenvalue weighted by atomic mass is 10.1. The number of hydrogen-bond donors (Lipinski definition) is 1. The summed E-state index contributed by atoms with van der Waals surface area (Å²) >= 11 is 5.52. The van der Waals surface area contributed by atoms with Crippen LogP contribution < -0.4 is 5.32 Å². The highest BCUT2D eigenvalue weighted by molar-refractivity contribution is 6.27. The lowest BCUT2D eigenvalue weighted by molar-refractivity contribution is -0.149. The molecule has 0 aliphatic rings. The SMILES string of the molecule is CCCCCCCCOC(=O)CC[C@H](NC(=O)CCl)C(=O)OCCCCCCCC. The van der Waals surface area contributed by atoms with E-state index >= 15 is 0 Å². The van der Waals surface area contributed by atoms with E-state index in [-0.39, 0.29) is 24.7 Å². The predicted molar refractivity (Wildman–Crippen MR) is 121 cm³/mol. The second-order valence-corrected chi connectivity index (χ2v) is 7.98. The summed E-state index contributed by atoms with van der Waals surface area (Å²) in [7, 11) is 0. The highest BCUT2D eigenvalue weighted by atomic mass is 35.5. The van der Waals surface area contributed by atoms with Gasteiger partial charge in [0.25, 0.3) is 0 Å². The van der Waals surface area contributed by atoms with Gasteiger partial charge in [-0.15, -0.1) is 11.6 Å². The average molecular weight is 448 g/mol. The fourth-order valence-corrected chi connectivity index (χ4v) is 3.12. The summed E-state index contributed by atoms with van der Waals surface area (Å²) in [4.78, 5) is 35.8. The van der Waals surface area contributed by atoms with Gasteiger partial charge in [-0.3, -0.25) is 9.59 Å². The van der Waals surface area contributed by atoms with E-state index < -0.39 is 17.9 Å². The largest absolute Gasteiger partial charge is 0.466 e. The molecule has 7 heteroatoms. The summed E-state index contributed by atoms with van der Waals surface area (Å²) in [5.74, 6) is -1.59. The second kappa shape index (κ2) is 21.0. The molecule has 6 nitrogen and oxygen atoms in total. The Kier molecular flexibility index (Phi) is 20.0. The minimum absolute atomic E-state index is 0.0508. The zero-order valence-corrected chi connectivity index (χ0v) is 19.8. The van der Waals surface area contributed by atoms with E-state index in [1.54, 1.807) is 0 Å². The van der Waals surface area contributed by atoms with E-state index in [4.69, 9.17) is 21.1 Å². The Morgan fingerprint density at radius 3 is 1.80 bits per heavy atom. The number of halogens is 1.